The summed E-state index contributed by atoms with van der Waals surface area (Å²) in [6.07, 6.45) is 8.01. The number of unbranched alkanes of at least 4 members (excludes halogenated alkanes) is 1. The van der Waals surface area contributed by atoms with Crippen molar-refractivity contribution in [1.29, 1.82) is 0 Å². The molecule has 0 heteroatoms. The standard InChI is InChI=1S/C15H30/c1-7-9-10-14(8-2)12-11-13(3)15(4,5)6/h14H,3,7-12H2,1-2,4-6H3. The van der Waals surface area contributed by atoms with E-state index in [1.807, 2.05) is 0 Å². The lowest BCUT2D eigenvalue weighted by molar-refractivity contribution is 0.397. The van der Waals surface area contributed by atoms with Crippen molar-refractivity contribution in [3.05, 3.63) is 12.2 Å². The van der Waals surface area contributed by atoms with Crippen LogP contribution in [0.4, 0.5) is 0 Å². The first-order valence-corrected chi connectivity index (χ1v) is 6.60. The second-order valence-corrected chi connectivity index (χ2v) is 5.81. The first-order chi connectivity index (χ1) is 6.91. The van der Waals surface area contributed by atoms with Crippen LogP contribution in [-0.2, 0) is 0 Å². The van der Waals surface area contributed by atoms with Gasteiger partial charge in [0, 0.05) is 0 Å². The molecular formula is C15H30. The van der Waals surface area contributed by atoms with Crippen LogP contribution in [0.3, 0.4) is 0 Å². The van der Waals surface area contributed by atoms with Crippen molar-refractivity contribution in [2.45, 2.75) is 73.1 Å². The van der Waals surface area contributed by atoms with E-state index in [4.69, 9.17) is 0 Å². The highest BCUT2D eigenvalue weighted by molar-refractivity contribution is 5.04. The van der Waals surface area contributed by atoms with Gasteiger partial charge < -0.3 is 0 Å². The van der Waals surface area contributed by atoms with E-state index in [-0.39, 0.29) is 0 Å². The molecule has 0 amide bonds. The van der Waals surface area contributed by atoms with E-state index in [9.17, 15) is 0 Å². The van der Waals surface area contributed by atoms with Gasteiger partial charge in [-0.05, 0) is 24.2 Å². The quantitative estimate of drug-likeness (QED) is 0.481. The molecule has 0 aliphatic rings. The molecule has 15 heavy (non-hydrogen) atoms. The third kappa shape index (κ3) is 6.76. The Kier molecular flexibility index (Phi) is 6.96. The summed E-state index contributed by atoms with van der Waals surface area (Å²) >= 11 is 0. The number of rotatable bonds is 7. The first kappa shape index (κ1) is 14.7. The molecule has 0 saturated heterocycles. The van der Waals surface area contributed by atoms with Gasteiger partial charge in [0.15, 0.2) is 0 Å². The molecule has 1 unspecified atom stereocenters. The Hall–Kier alpha value is -0.260. The zero-order valence-corrected chi connectivity index (χ0v) is 11.5. The zero-order valence-electron chi connectivity index (χ0n) is 11.5. The predicted molar refractivity (Wildman–Crippen MR) is 71.1 cm³/mol. The van der Waals surface area contributed by atoms with Gasteiger partial charge in [0.2, 0.25) is 0 Å². The van der Waals surface area contributed by atoms with Crippen molar-refractivity contribution in [1.82, 2.24) is 0 Å². The SMILES string of the molecule is C=C(CCC(CC)CCCC)C(C)(C)C. The summed E-state index contributed by atoms with van der Waals surface area (Å²) in [6.45, 7) is 15.6. The highest BCUT2D eigenvalue weighted by atomic mass is 14.2. The lowest BCUT2D eigenvalue weighted by Crippen LogP contribution is -2.10. The molecule has 0 nitrogen and oxygen atoms in total. The molecule has 0 aromatic carbocycles. The van der Waals surface area contributed by atoms with Gasteiger partial charge in [-0.1, -0.05) is 72.5 Å². The Morgan fingerprint density at radius 2 is 1.73 bits per heavy atom. The molecule has 0 fully saturated rings. The van der Waals surface area contributed by atoms with Gasteiger partial charge in [-0.2, -0.15) is 0 Å². The highest BCUT2D eigenvalue weighted by Gasteiger charge is 2.15. The average Bonchev–Trinajstić information content (AvgIpc) is 2.16. The molecule has 0 spiro atoms. The van der Waals surface area contributed by atoms with Crippen molar-refractivity contribution in [2.75, 3.05) is 0 Å². The minimum Gasteiger partial charge on any atom is -0.0993 e. The second kappa shape index (κ2) is 7.09. The molecule has 0 heterocycles. The summed E-state index contributed by atoms with van der Waals surface area (Å²) in [5, 5.41) is 0. The normalized spacial score (nSPS) is 13.9. The van der Waals surface area contributed by atoms with Crippen LogP contribution in [0.25, 0.3) is 0 Å². The van der Waals surface area contributed by atoms with E-state index in [1.54, 1.807) is 0 Å². The summed E-state index contributed by atoms with van der Waals surface area (Å²) < 4.78 is 0. The van der Waals surface area contributed by atoms with Crippen molar-refractivity contribution in [3.8, 4) is 0 Å². The van der Waals surface area contributed by atoms with Crippen molar-refractivity contribution < 1.29 is 0 Å². The van der Waals surface area contributed by atoms with E-state index in [2.05, 4.69) is 41.2 Å². The Morgan fingerprint density at radius 1 is 1.13 bits per heavy atom. The van der Waals surface area contributed by atoms with Crippen molar-refractivity contribution in [3.63, 3.8) is 0 Å². The lowest BCUT2D eigenvalue weighted by Gasteiger charge is -2.23. The molecule has 0 aromatic heterocycles. The van der Waals surface area contributed by atoms with Crippen molar-refractivity contribution in [2.24, 2.45) is 11.3 Å². The van der Waals surface area contributed by atoms with Crippen molar-refractivity contribution >= 4 is 0 Å². The van der Waals surface area contributed by atoms with Gasteiger partial charge in [0.05, 0.1) is 0 Å². The van der Waals surface area contributed by atoms with E-state index in [1.165, 1.54) is 44.1 Å². The van der Waals surface area contributed by atoms with Crippen LogP contribution in [0.5, 0.6) is 0 Å². The minimum atomic E-state index is 0.295. The largest absolute Gasteiger partial charge is 0.0993 e. The molecule has 0 aromatic rings. The summed E-state index contributed by atoms with van der Waals surface area (Å²) in [5.74, 6) is 0.920. The van der Waals surface area contributed by atoms with Crippen LogP contribution in [0.15, 0.2) is 12.2 Å². The molecule has 0 bridgehead atoms. The molecule has 0 aliphatic heterocycles. The fourth-order valence-electron chi connectivity index (χ4n) is 1.80. The summed E-state index contributed by atoms with van der Waals surface area (Å²) in [7, 11) is 0. The van der Waals surface area contributed by atoms with E-state index in [0.717, 1.165) is 5.92 Å². The molecule has 0 N–H and O–H groups in total. The Labute approximate surface area is 97.2 Å². The molecule has 0 aliphatic carbocycles. The molecule has 90 valence electrons. The predicted octanol–water partition coefficient (Wildman–Crippen LogP) is 5.59. The molecule has 1 atom stereocenters. The average molecular weight is 210 g/mol. The summed E-state index contributed by atoms with van der Waals surface area (Å²) in [5.41, 5.74) is 1.71. The maximum atomic E-state index is 4.21. The third-order valence-electron chi connectivity index (χ3n) is 3.46. The topological polar surface area (TPSA) is 0 Å². The lowest BCUT2D eigenvalue weighted by atomic mass is 9.82. The van der Waals surface area contributed by atoms with Crippen LogP contribution < -0.4 is 0 Å². The smallest absolute Gasteiger partial charge is 0.0176 e. The third-order valence-corrected chi connectivity index (χ3v) is 3.46. The minimum absolute atomic E-state index is 0.295. The van der Waals surface area contributed by atoms with Gasteiger partial charge in [-0.3, -0.25) is 0 Å². The fraction of sp³-hybridized carbons (Fsp3) is 0.867. The fourth-order valence-corrected chi connectivity index (χ4v) is 1.80. The Balaban J connectivity index is 3.85. The van der Waals surface area contributed by atoms with Crippen LogP contribution in [-0.4, -0.2) is 0 Å². The van der Waals surface area contributed by atoms with E-state index >= 15 is 0 Å². The van der Waals surface area contributed by atoms with Crippen LogP contribution in [0.2, 0.25) is 0 Å². The Morgan fingerprint density at radius 3 is 2.13 bits per heavy atom. The van der Waals surface area contributed by atoms with Crippen LogP contribution >= 0.6 is 0 Å². The van der Waals surface area contributed by atoms with Gasteiger partial charge in [0.1, 0.15) is 0 Å². The summed E-state index contributed by atoms with van der Waals surface area (Å²) in [4.78, 5) is 0. The van der Waals surface area contributed by atoms with Crippen LogP contribution in [0, 0.1) is 11.3 Å². The second-order valence-electron chi connectivity index (χ2n) is 5.81. The van der Waals surface area contributed by atoms with Crippen LogP contribution in [0.1, 0.15) is 73.1 Å². The zero-order chi connectivity index (χ0) is 11.9. The summed E-state index contributed by atoms with van der Waals surface area (Å²) in [6, 6.07) is 0. The highest BCUT2D eigenvalue weighted by Crippen LogP contribution is 2.30. The number of allylic oxidation sites excluding steroid dienone is 1. The first-order valence-electron chi connectivity index (χ1n) is 6.60. The molecule has 0 radical (unpaired) electrons. The van der Waals surface area contributed by atoms with E-state index in [0.29, 0.717) is 5.41 Å². The van der Waals surface area contributed by atoms with Gasteiger partial charge >= 0.3 is 0 Å². The number of hydrogen-bond acceptors (Lipinski definition) is 0. The maximum Gasteiger partial charge on any atom is -0.0176 e. The Bertz CT molecular complexity index is 171. The molecular weight excluding hydrogens is 180 g/mol. The number of hydrogen-bond donors (Lipinski definition) is 0. The van der Waals surface area contributed by atoms with Gasteiger partial charge in [0.25, 0.3) is 0 Å². The monoisotopic (exact) mass is 210 g/mol. The molecule has 0 rings (SSSR count). The van der Waals surface area contributed by atoms with Gasteiger partial charge in [-0.25, -0.2) is 0 Å². The van der Waals surface area contributed by atoms with E-state index < -0.39 is 0 Å². The van der Waals surface area contributed by atoms with Gasteiger partial charge in [-0.15, -0.1) is 0 Å². The molecule has 0 saturated carbocycles. The maximum absolute atomic E-state index is 4.21.